The van der Waals surface area contributed by atoms with E-state index in [4.69, 9.17) is 0 Å². The third-order valence-electron chi connectivity index (χ3n) is 3.53. The van der Waals surface area contributed by atoms with Crippen molar-refractivity contribution < 1.29 is 12.6 Å². The SMILES string of the molecule is COS(=O)(=O)/C=C1\SC[C@H](C(C)C)N1Cc1ccccc1. The Morgan fingerprint density at radius 1 is 1.38 bits per heavy atom. The Bertz CT molecular complexity index is 597. The van der Waals surface area contributed by atoms with E-state index in [0.29, 0.717) is 18.5 Å². The average molecular weight is 327 g/mol. The van der Waals surface area contributed by atoms with Crippen LogP contribution in [0.4, 0.5) is 0 Å². The molecule has 6 heteroatoms. The summed E-state index contributed by atoms with van der Waals surface area (Å²) in [6.45, 7) is 5.04. The van der Waals surface area contributed by atoms with Crippen LogP contribution in [-0.2, 0) is 20.8 Å². The minimum absolute atomic E-state index is 0.327. The van der Waals surface area contributed by atoms with Crippen molar-refractivity contribution in [2.45, 2.75) is 26.4 Å². The first-order valence-corrected chi connectivity index (χ1v) is 9.34. The van der Waals surface area contributed by atoms with Crippen LogP contribution in [0.1, 0.15) is 19.4 Å². The fourth-order valence-corrected chi connectivity index (χ4v) is 4.68. The van der Waals surface area contributed by atoms with Crippen molar-refractivity contribution in [3.63, 3.8) is 0 Å². The lowest BCUT2D eigenvalue weighted by Crippen LogP contribution is -2.34. The summed E-state index contributed by atoms with van der Waals surface area (Å²) < 4.78 is 27.9. The fraction of sp³-hybridized carbons (Fsp3) is 0.467. The van der Waals surface area contributed by atoms with Gasteiger partial charge < -0.3 is 4.90 Å². The van der Waals surface area contributed by atoms with Gasteiger partial charge in [-0.05, 0) is 11.5 Å². The standard InChI is InChI=1S/C15H21NO3S2/c1-12(2)14-10-20-15(11-21(17,18)19-3)16(14)9-13-7-5-4-6-8-13/h4-8,11-12,14H,9-10H2,1-3H3/b15-11-/t14-/m1/s1. The predicted octanol–water partition coefficient (Wildman–Crippen LogP) is 3.04. The Kier molecular flexibility index (Phi) is 5.35. The quantitative estimate of drug-likeness (QED) is 0.778. The van der Waals surface area contributed by atoms with Gasteiger partial charge in [-0.1, -0.05) is 44.2 Å². The normalized spacial score (nSPS) is 21.4. The van der Waals surface area contributed by atoms with E-state index in [1.165, 1.54) is 18.1 Å². The summed E-state index contributed by atoms with van der Waals surface area (Å²) in [6, 6.07) is 10.4. The molecule has 0 amide bonds. The summed E-state index contributed by atoms with van der Waals surface area (Å²) in [5.74, 6) is 1.35. The number of hydrogen-bond donors (Lipinski definition) is 0. The predicted molar refractivity (Wildman–Crippen MR) is 87.1 cm³/mol. The molecule has 1 aliphatic heterocycles. The molecule has 1 fully saturated rings. The van der Waals surface area contributed by atoms with Gasteiger partial charge in [0, 0.05) is 18.3 Å². The van der Waals surface area contributed by atoms with Crippen LogP contribution in [0.3, 0.4) is 0 Å². The first-order valence-electron chi connectivity index (χ1n) is 6.88. The Morgan fingerprint density at radius 2 is 2.05 bits per heavy atom. The molecule has 1 aliphatic rings. The molecule has 116 valence electrons. The Morgan fingerprint density at radius 3 is 2.62 bits per heavy atom. The fourth-order valence-electron chi connectivity index (χ4n) is 2.31. The summed E-state index contributed by atoms with van der Waals surface area (Å²) in [6.07, 6.45) is 0. The van der Waals surface area contributed by atoms with E-state index in [1.807, 2.05) is 18.2 Å². The molecule has 4 nitrogen and oxygen atoms in total. The Balaban J connectivity index is 2.29. The smallest absolute Gasteiger partial charge is 0.292 e. The van der Waals surface area contributed by atoms with E-state index in [9.17, 15) is 8.42 Å². The summed E-state index contributed by atoms with van der Waals surface area (Å²) >= 11 is 1.58. The highest BCUT2D eigenvalue weighted by Gasteiger charge is 2.32. The maximum absolute atomic E-state index is 11.7. The van der Waals surface area contributed by atoms with Gasteiger partial charge in [0.15, 0.2) is 0 Å². The van der Waals surface area contributed by atoms with Crippen LogP contribution in [0.5, 0.6) is 0 Å². The largest absolute Gasteiger partial charge is 0.357 e. The van der Waals surface area contributed by atoms with E-state index in [2.05, 4.69) is 35.1 Å². The Hall–Kier alpha value is -0.980. The van der Waals surface area contributed by atoms with Crippen LogP contribution >= 0.6 is 11.8 Å². The number of thioether (sulfide) groups is 1. The lowest BCUT2D eigenvalue weighted by molar-refractivity contribution is 0.239. The van der Waals surface area contributed by atoms with Crippen molar-refractivity contribution >= 4 is 21.9 Å². The lowest BCUT2D eigenvalue weighted by atomic mass is 10.0. The zero-order chi connectivity index (χ0) is 15.5. The third kappa shape index (κ3) is 4.25. The van der Waals surface area contributed by atoms with Crippen molar-refractivity contribution in [1.29, 1.82) is 0 Å². The number of hydrogen-bond acceptors (Lipinski definition) is 5. The Labute approximate surface area is 131 Å². The molecule has 0 saturated carbocycles. The highest BCUT2D eigenvalue weighted by molar-refractivity contribution is 8.04. The van der Waals surface area contributed by atoms with Crippen molar-refractivity contribution in [2.75, 3.05) is 12.9 Å². The summed E-state index contributed by atoms with van der Waals surface area (Å²) in [7, 11) is -2.41. The number of rotatable bonds is 5. The van der Waals surface area contributed by atoms with E-state index >= 15 is 0 Å². The second-order valence-corrected chi connectivity index (χ2v) is 7.95. The molecule has 1 aromatic rings. The van der Waals surface area contributed by atoms with E-state index in [1.54, 1.807) is 11.8 Å². The lowest BCUT2D eigenvalue weighted by Gasteiger charge is -2.29. The maximum atomic E-state index is 11.7. The van der Waals surface area contributed by atoms with Crippen molar-refractivity contribution in [1.82, 2.24) is 4.90 Å². The summed E-state index contributed by atoms with van der Waals surface area (Å²) in [5.41, 5.74) is 1.17. The van der Waals surface area contributed by atoms with Crippen LogP contribution in [0.25, 0.3) is 0 Å². The molecule has 0 N–H and O–H groups in total. The van der Waals surface area contributed by atoms with Gasteiger partial charge in [0.1, 0.15) is 0 Å². The number of benzene rings is 1. The zero-order valence-corrected chi connectivity index (χ0v) is 14.2. The molecule has 1 heterocycles. The average Bonchev–Trinajstić information content (AvgIpc) is 2.82. The second kappa shape index (κ2) is 6.85. The van der Waals surface area contributed by atoms with Gasteiger partial charge in [-0.2, -0.15) is 8.42 Å². The van der Waals surface area contributed by atoms with E-state index in [-0.39, 0.29) is 0 Å². The molecular weight excluding hydrogens is 306 g/mol. The minimum atomic E-state index is -3.60. The van der Waals surface area contributed by atoms with Crippen molar-refractivity contribution in [3.05, 3.63) is 46.3 Å². The molecule has 2 rings (SSSR count). The molecule has 1 saturated heterocycles. The first kappa shape index (κ1) is 16.4. The maximum Gasteiger partial charge on any atom is 0.292 e. The van der Waals surface area contributed by atoms with Crippen molar-refractivity contribution in [3.8, 4) is 0 Å². The van der Waals surface area contributed by atoms with Gasteiger partial charge in [-0.15, -0.1) is 11.8 Å². The number of nitrogens with zero attached hydrogens (tertiary/aromatic N) is 1. The minimum Gasteiger partial charge on any atom is -0.357 e. The molecule has 0 unspecified atom stereocenters. The van der Waals surface area contributed by atoms with Gasteiger partial charge in [-0.25, -0.2) is 0 Å². The monoisotopic (exact) mass is 327 g/mol. The third-order valence-corrected chi connectivity index (χ3v) is 5.81. The highest BCUT2D eigenvalue weighted by atomic mass is 32.2. The van der Waals surface area contributed by atoms with Crippen LogP contribution in [0.15, 0.2) is 40.8 Å². The zero-order valence-electron chi connectivity index (χ0n) is 12.5. The molecule has 0 aromatic heterocycles. The van der Waals surface area contributed by atoms with Crippen LogP contribution in [0, 0.1) is 5.92 Å². The van der Waals surface area contributed by atoms with E-state index in [0.717, 1.165) is 10.8 Å². The van der Waals surface area contributed by atoms with Crippen LogP contribution in [0.2, 0.25) is 0 Å². The van der Waals surface area contributed by atoms with Crippen LogP contribution < -0.4 is 0 Å². The molecule has 21 heavy (non-hydrogen) atoms. The molecule has 1 atom stereocenters. The van der Waals surface area contributed by atoms with Gasteiger partial charge in [0.2, 0.25) is 0 Å². The molecule has 0 aliphatic carbocycles. The molecular formula is C15H21NO3S2. The molecule has 0 spiro atoms. The van der Waals surface area contributed by atoms with E-state index < -0.39 is 10.1 Å². The second-order valence-electron chi connectivity index (χ2n) is 5.35. The topological polar surface area (TPSA) is 46.6 Å². The molecule has 1 aromatic carbocycles. The summed E-state index contributed by atoms with van der Waals surface area (Å²) in [4.78, 5) is 2.17. The van der Waals surface area contributed by atoms with Gasteiger partial charge in [0.05, 0.1) is 17.5 Å². The first-order chi connectivity index (χ1) is 9.93. The highest BCUT2D eigenvalue weighted by Crippen LogP contribution is 2.37. The summed E-state index contributed by atoms with van der Waals surface area (Å²) in [5, 5.41) is 2.00. The van der Waals surface area contributed by atoms with Crippen molar-refractivity contribution in [2.24, 2.45) is 5.92 Å². The van der Waals surface area contributed by atoms with Gasteiger partial charge in [-0.3, -0.25) is 4.18 Å². The molecule has 0 radical (unpaired) electrons. The molecule has 0 bridgehead atoms. The van der Waals surface area contributed by atoms with Gasteiger partial charge >= 0.3 is 0 Å². The van der Waals surface area contributed by atoms with Crippen LogP contribution in [-0.4, -0.2) is 32.2 Å². The van der Waals surface area contributed by atoms with Gasteiger partial charge in [0.25, 0.3) is 10.1 Å².